The molecule has 2 aliphatic rings. The van der Waals surface area contributed by atoms with Crippen LogP contribution in [0.5, 0.6) is 0 Å². The van der Waals surface area contributed by atoms with Gasteiger partial charge in [-0.15, -0.1) is 0 Å². The highest BCUT2D eigenvalue weighted by Crippen LogP contribution is 2.40. The van der Waals surface area contributed by atoms with E-state index in [1.54, 1.807) is 0 Å². The summed E-state index contributed by atoms with van der Waals surface area (Å²) < 4.78 is 0. The van der Waals surface area contributed by atoms with E-state index >= 15 is 0 Å². The maximum absolute atomic E-state index is 12.8. The van der Waals surface area contributed by atoms with Gasteiger partial charge >= 0.3 is 0 Å². The predicted octanol–water partition coefficient (Wildman–Crippen LogP) is 2.62. The summed E-state index contributed by atoms with van der Waals surface area (Å²) in [7, 11) is 0. The van der Waals surface area contributed by atoms with Gasteiger partial charge in [0, 0.05) is 24.4 Å². The Kier molecular flexibility index (Phi) is 4.25. The maximum atomic E-state index is 12.8. The zero-order valence-electron chi connectivity index (χ0n) is 11.3. The van der Waals surface area contributed by atoms with E-state index in [4.69, 9.17) is 18.0 Å². The molecule has 2 rings (SSSR count). The number of carbonyl (C=O) groups excluding carboxylic acids is 1. The van der Waals surface area contributed by atoms with Crippen molar-refractivity contribution < 1.29 is 4.79 Å². The van der Waals surface area contributed by atoms with Gasteiger partial charge in [0.25, 0.3) is 0 Å². The Labute approximate surface area is 115 Å². The summed E-state index contributed by atoms with van der Waals surface area (Å²) in [5.74, 6) is 0.348. The summed E-state index contributed by atoms with van der Waals surface area (Å²) in [5, 5.41) is 0. The molecule has 0 atom stereocenters. The molecule has 0 saturated heterocycles. The Morgan fingerprint density at radius 2 is 1.94 bits per heavy atom. The van der Waals surface area contributed by atoms with Crippen LogP contribution in [0.15, 0.2) is 0 Å². The van der Waals surface area contributed by atoms with Crippen molar-refractivity contribution in [2.45, 2.75) is 64.3 Å². The maximum Gasteiger partial charge on any atom is 0.228 e. The third-order valence-electron chi connectivity index (χ3n) is 4.32. The van der Waals surface area contributed by atoms with Crippen LogP contribution < -0.4 is 5.73 Å². The molecule has 102 valence electrons. The summed E-state index contributed by atoms with van der Waals surface area (Å²) in [6, 6.07) is 0.464. The molecule has 0 heterocycles. The minimum absolute atomic E-state index is 0.128. The number of thiocarbonyl (C=S) groups is 1. The van der Waals surface area contributed by atoms with Crippen LogP contribution in [-0.2, 0) is 4.79 Å². The van der Waals surface area contributed by atoms with Gasteiger partial charge in [0.2, 0.25) is 5.91 Å². The smallest absolute Gasteiger partial charge is 0.228 e. The van der Waals surface area contributed by atoms with Crippen LogP contribution in [0.3, 0.4) is 0 Å². The number of rotatable bonds is 5. The molecular weight excluding hydrogens is 244 g/mol. The lowest BCUT2D eigenvalue weighted by Gasteiger charge is -2.37. The fraction of sp³-hybridized carbons (Fsp3) is 0.857. The SMILES string of the molecule is CC1(C(=O)N(CCC(N)=S)C2CC2)CCCCC1. The number of nitrogens with zero attached hydrogens (tertiary/aromatic N) is 1. The Hall–Kier alpha value is -0.640. The third kappa shape index (κ3) is 3.22. The second-order valence-electron chi connectivity index (χ2n) is 6.07. The van der Waals surface area contributed by atoms with E-state index in [0.717, 1.165) is 25.7 Å². The number of hydrogen-bond donors (Lipinski definition) is 1. The van der Waals surface area contributed by atoms with Gasteiger partial charge in [-0.05, 0) is 25.7 Å². The number of nitrogens with two attached hydrogens (primary N) is 1. The summed E-state index contributed by atoms with van der Waals surface area (Å²) in [4.78, 5) is 15.3. The van der Waals surface area contributed by atoms with E-state index in [1.807, 2.05) is 0 Å². The van der Waals surface area contributed by atoms with E-state index < -0.39 is 0 Å². The van der Waals surface area contributed by atoms with Crippen molar-refractivity contribution in [1.29, 1.82) is 0 Å². The van der Waals surface area contributed by atoms with Crippen LogP contribution in [0.25, 0.3) is 0 Å². The molecule has 18 heavy (non-hydrogen) atoms. The first kappa shape index (κ1) is 13.8. The quantitative estimate of drug-likeness (QED) is 0.780. The molecule has 0 aromatic carbocycles. The van der Waals surface area contributed by atoms with Crippen molar-refractivity contribution >= 4 is 23.1 Å². The molecule has 3 nitrogen and oxygen atoms in total. The summed E-state index contributed by atoms with van der Waals surface area (Å²) in [6.45, 7) is 2.86. The molecule has 0 bridgehead atoms. The highest BCUT2D eigenvalue weighted by molar-refractivity contribution is 7.80. The molecule has 2 aliphatic carbocycles. The first-order valence-corrected chi connectivity index (χ1v) is 7.53. The van der Waals surface area contributed by atoms with E-state index in [0.29, 0.717) is 29.9 Å². The Morgan fingerprint density at radius 1 is 1.33 bits per heavy atom. The van der Waals surface area contributed by atoms with Gasteiger partial charge in [-0.2, -0.15) is 0 Å². The monoisotopic (exact) mass is 268 g/mol. The van der Waals surface area contributed by atoms with Gasteiger partial charge in [0.05, 0.1) is 4.99 Å². The standard InChI is InChI=1S/C14H24N2OS/c1-14(8-3-2-4-9-14)13(17)16(11-5-6-11)10-7-12(15)18/h11H,2-10H2,1H3,(H2,15,18). The molecule has 0 radical (unpaired) electrons. The lowest BCUT2D eigenvalue weighted by Crippen LogP contribution is -2.45. The van der Waals surface area contributed by atoms with Crippen LogP contribution in [0.2, 0.25) is 0 Å². The Balaban J connectivity index is 2.00. The molecule has 0 spiro atoms. The van der Waals surface area contributed by atoms with E-state index in [-0.39, 0.29) is 5.41 Å². The number of amides is 1. The number of carbonyl (C=O) groups is 1. The van der Waals surface area contributed by atoms with Gasteiger partial charge in [-0.25, -0.2) is 0 Å². The van der Waals surface area contributed by atoms with Crippen molar-refractivity contribution in [3.05, 3.63) is 0 Å². The highest BCUT2D eigenvalue weighted by atomic mass is 32.1. The summed E-state index contributed by atoms with van der Waals surface area (Å²) in [6.07, 6.45) is 8.71. The fourth-order valence-corrected chi connectivity index (χ4v) is 3.05. The van der Waals surface area contributed by atoms with Gasteiger partial charge in [0.15, 0.2) is 0 Å². The van der Waals surface area contributed by atoms with Crippen molar-refractivity contribution in [3.8, 4) is 0 Å². The fourth-order valence-electron chi connectivity index (χ4n) is 2.96. The highest BCUT2D eigenvalue weighted by Gasteiger charge is 2.42. The molecule has 0 aliphatic heterocycles. The third-order valence-corrected chi connectivity index (χ3v) is 4.53. The minimum atomic E-state index is -0.128. The largest absolute Gasteiger partial charge is 0.393 e. The first-order valence-electron chi connectivity index (χ1n) is 7.12. The average molecular weight is 268 g/mol. The number of hydrogen-bond acceptors (Lipinski definition) is 2. The van der Waals surface area contributed by atoms with Gasteiger partial charge in [-0.3, -0.25) is 4.79 Å². The van der Waals surface area contributed by atoms with Gasteiger partial charge in [0.1, 0.15) is 0 Å². The van der Waals surface area contributed by atoms with E-state index in [2.05, 4.69) is 11.8 Å². The van der Waals surface area contributed by atoms with Gasteiger partial charge < -0.3 is 10.6 Å². The van der Waals surface area contributed by atoms with Crippen LogP contribution in [0, 0.1) is 5.41 Å². The van der Waals surface area contributed by atoms with Crippen LogP contribution in [-0.4, -0.2) is 28.4 Å². The molecule has 2 fully saturated rings. The van der Waals surface area contributed by atoms with Crippen molar-refractivity contribution in [2.75, 3.05) is 6.54 Å². The van der Waals surface area contributed by atoms with E-state index in [1.165, 1.54) is 19.3 Å². The zero-order valence-corrected chi connectivity index (χ0v) is 12.1. The molecule has 0 aromatic rings. The predicted molar refractivity (Wildman–Crippen MR) is 77.3 cm³/mol. The first-order chi connectivity index (χ1) is 8.53. The van der Waals surface area contributed by atoms with Crippen molar-refractivity contribution in [1.82, 2.24) is 4.90 Å². The van der Waals surface area contributed by atoms with Crippen LogP contribution >= 0.6 is 12.2 Å². The second-order valence-corrected chi connectivity index (χ2v) is 6.59. The van der Waals surface area contributed by atoms with Gasteiger partial charge in [-0.1, -0.05) is 38.4 Å². The summed E-state index contributed by atoms with van der Waals surface area (Å²) in [5.41, 5.74) is 5.44. The lowest BCUT2D eigenvalue weighted by molar-refractivity contribution is -0.143. The van der Waals surface area contributed by atoms with Crippen LogP contribution in [0.1, 0.15) is 58.3 Å². The zero-order chi connectivity index (χ0) is 13.2. The molecular formula is C14H24N2OS. The average Bonchev–Trinajstić information content (AvgIpc) is 3.14. The van der Waals surface area contributed by atoms with Crippen molar-refractivity contribution in [3.63, 3.8) is 0 Å². The molecule has 2 saturated carbocycles. The minimum Gasteiger partial charge on any atom is -0.393 e. The topological polar surface area (TPSA) is 46.3 Å². The van der Waals surface area contributed by atoms with Crippen LogP contribution in [0.4, 0.5) is 0 Å². The molecule has 0 aromatic heterocycles. The normalized spacial score (nSPS) is 22.5. The molecule has 1 amide bonds. The Bertz CT molecular complexity index is 333. The summed E-state index contributed by atoms with van der Waals surface area (Å²) >= 11 is 4.93. The van der Waals surface area contributed by atoms with Crippen molar-refractivity contribution in [2.24, 2.45) is 11.1 Å². The van der Waals surface area contributed by atoms with E-state index in [9.17, 15) is 4.79 Å². The Morgan fingerprint density at radius 3 is 2.44 bits per heavy atom. The second kappa shape index (κ2) is 5.55. The molecule has 2 N–H and O–H groups in total. The lowest BCUT2D eigenvalue weighted by atomic mass is 9.74. The molecule has 4 heteroatoms. The molecule has 0 unspecified atom stereocenters.